The number of hydrogen-bond acceptors (Lipinski definition) is 9. The van der Waals surface area contributed by atoms with Crippen LogP contribution in [0.2, 0.25) is 10.0 Å². The molecule has 2 rings (SSSR count). The molecule has 0 amide bonds. The maximum absolute atomic E-state index is 12.1. The smallest absolute Gasteiger partial charge is 0.459 e. The molecule has 1 unspecified atom stereocenters. The zero-order valence-corrected chi connectivity index (χ0v) is 20.4. The Morgan fingerprint density at radius 3 is 2.09 bits per heavy atom. The number of esters is 1. The number of aryl methyl sites for hydroxylation is 1. The number of aromatic amines is 1. The Labute approximate surface area is 208 Å². The Morgan fingerprint density at radius 2 is 1.60 bits per heavy atom. The van der Waals surface area contributed by atoms with E-state index in [9.17, 15) is 14.4 Å². The summed E-state index contributed by atoms with van der Waals surface area (Å²) in [5.41, 5.74) is -0.803. The van der Waals surface area contributed by atoms with Crippen LogP contribution in [0.4, 0.5) is 9.59 Å². The first kappa shape index (κ1) is 31.4. The van der Waals surface area contributed by atoms with E-state index in [1.165, 1.54) is 30.0 Å². The highest BCUT2D eigenvalue weighted by Crippen LogP contribution is 2.26. The second-order valence-corrected chi connectivity index (χ2v) is 6.87. The average molecular weight is 539 g/mol. The van der Waals surface area contributed by atoms with Crippen molar-refractivity contribution in [2.75, 3.05) is 27.9 Å². The van der Waals surface area contributed by atoms with Crippen molar-refractivity contribution in [3.63, 3.8) is 0 Å². The molecule has 0 aliphatic carbocycles. The second kappa shape index (κ2) is 17.0. The number of halogens is 2. The number of hydrogen-bond donors (Lipinski definition) is 3. The number of nitrogens with zero attached hydrogens (tertiary/aromatic N) is 1. The number of aromatic nitrogens is 2. The van der Waals surface area contributed by atoms with Gasteiger partial charge in [0, 0.05) is 25.9 Å². The third kappa shape index (κ3) is 13.1. The fourth-order valence-corrected chi connectivity index (χ4v) is 2.46. The van der Waals surface area contributed by atoms with Crippen LogP contribution in [0.25, 0.3) is 0 Å². The van der Waals surface area contributed by atoms with Gasteiger partial charge >= 0.3 is 24.0 Å². The van der Waals surface area contributed by atoms with E-state index in [2.05, 4.69) is 14.5 Å². The van der Waals surface area contributed by atoms with Gasteiger partial charge in [0.25, 0.3) is 5.56 Å². The molecule has 2 aromatic rings. The number of rotatable bonds is 7. The maximum Gasteiger partial charge on any atom is 0.505 e. The summed E-state index contributed by atoms with van der Waals surface area (Å²) in [6.07, 6.45) is -1.12. The zero-order chi connectivity index (χ0) is 27.0. The first-order valence-corrected chi connectivity index (χ1v) is 10.2. The molecule has 1 aromatic carbocycles. The largest absolute Gasteiger partial charge is 0.505 e. The van der Waals surface area contributed by atoms with E-state index in [1.54, 1.807) is 12.1 Å². The first-order valence-electron chi connectivity index (χ1n) is 9.44. The van der Waals surface area contributed by atoms with Crippen molar-refractivity contribution in [3.05, 3.63) is 66.9 Å². The second-order valence-electron chi connectivity index (χ2n) is 6.09. The molecule has 15 heteroatoms. The van der Waals surface area contributed by atoms with E-state index in [0.29, 0.717) is 13.0 Å². The third-order valence-electron chi connectivity index (χ3n) is 3.84. The summed E-state index contributed by atoms with van der Waals surface area (Å²) < 4.78 is 19.1. The molecule has 0 bridgehead atoms. The predicted octanol–water partition coefficient (Wildman–Crippen LogP) is 2.73. The molecule has 0 aliphatic rings. The standard InChI is InChI=1S/C16H16Cl2N2O5.2C2H4O3/c1-24-10(5-7-20-8-6-13(21)19-16(20)23)9-25-15(22)11-3-2-4-12(17)14(11)18;2*1-5-2(3)4/h2-4,6,8,10H,5,7,9H2,1H3,(H,19,21,23);2*1H3,(H,3,4). The van der Waals surface area contributed by atoms with Gasteiger partial charge in [-0.2, -0.15) is 0 Å². The lowest BCUT2D eigenvalue weighted by atomic mass is 10.2. The fourth-order valence-electron chi connectivity index (χ4n) is 2.08. The number of H-pyrrole nitrogens is 1. The summed E-state index contributed by atoms with van der Waals surface area (Å²) in [6, 6.07) is 5.93. The van der Waals surface area contributed by atoms with Gasteiger partial charge in [-0.3, -0.25) is 9.78 Å². The molecule has 1 atom stereocenters. The Kier molecular flexibility index (Phi) is 15.2. The molecule has 0 saturated carbocycles. The van der Waals surface area contributed by atoms with Crippen molar-refractivity contribution in [1.82, 2.24) is 9.55 Å². The number of ether oxygens (including phenoxy) is 4. The van der Waals surface area contributed by atoms with E-state index in [0.717, 1.165) is 14.2 Å². The molecule has 0 aliphatic heterocycles. The zero-order valence-electron chi connectivity index (χ0n) is 18.9. The van der Waals surface area contributed by atoms with Crippen LogP contribution in [0.3, 0.4) is 0 Å². The summed E-state index contributed by atoms with van der Waals surface area (Å²) in [5, 5.41) is 15.4. The molecular weight excluding hydrogens is 515 g/mol. The van der Waals surface area contributed by atoms with Crippen molar-refractivity contribution < 1.29 is 43.5 Å². The molecule has 3 N–H and O–H groups in total. The number of carbonyl (C=O) groups is 3. The number of methoxy groups -OCH3 is 3. The first-order chi connectivity index (χ1) is 16.5. The van der Waals surface area contributed by atoms with Crippen LogP contribution in [0.1, 0.15) is 16.8 Å². The lowest BCUT2D eigenvalue weighted by Crippen LogP contribution is -2.31. The van der Waals surface area contributed by atoms with Gasteiger partial charge in [0.1, 0.15) is 6.61 Å². The van der Waals surface area contributed by atoms with Crippen molar-refractivity contribution >= 4 is 41.5 Å². The molecule has 13 nitrogen and oxygen atoms in total. The van der Waals surface area contributed by atoms with E-state index in [-0.39, 0.29) is 22.2 Å². The summed E-state index contributed by atoms with van der Waals surface area (Å²) in [7, 11) is 3.67. The van der Waals surface area contributed by atoms with E-state index >= 15 is 0 Å². The van der Waals surface area contributed by atoms with E-state index in [1.807, 2.05) is 0 Å². The van der Waals surface area contributed by atoms with Crippen molar-refractivity contribution in [3.8, 4) is 0 Å². The Hall–Kier alpha value is -3.55. The lowest BCUT2D eigenvalue weighted by Gasteiger charge is -2.16. The fraction of sp³-hybridized carbons (Fsp3) is 0.350. The van der Waals surface area contributed by atoms with Crippen LogP contribution in [0, 0.1) is 0 Å². The van der Waals surface area contributed by atoms with Crippen molar-refractivity contribution in [1.29, 1.82) is 0 Å². The van der Waals surface area contributed by atoms with Gasteiger partial charge < -0.3 is 33.7 Å². The minimum Gasteiger partial charge on any atom is -0.459 e. The number of carbonyl (C=O) groups excluding carboxylic acids is 1. The molecule has 1 aromatic heterocycles. The van der Waals surface area contributed by atoms with Crippen LogP contribution < -0.4 is 11.2 Å². The van der Waals surface area contributed by atoms with Crippen LogP contribution in [0.15, 0.2) is 40.1 Å². The molecule has 1 heterocycles. The molecule has 194 valence electrons. The van der Waals surface area contributed by atoms with Crippen LogP contribution in [-0.2, 0) is 25.5 Å². The van der Waals surface area contributed by atoms with Gasteiger partial charge in [-0.05, 0) is 18.6 Å². The number of benzene rings is 1. The maximum atomic E-state index is 12.1. The quantitative estimate of drug-likeness (QED) is 0.347. The highest BCUT2D eigenvalue weighted by Gasteiger charge is 2.17. The highest BCUT2D eigenvalue weighted by molar-refractivity contribution is 6.43. The summed E-state index contributed by atoms with van der Waals surface area (Å²) in [4.78, 5) is 55.2. The van der Waals surface area contributed by atoms with Crippen LogP contribution in [-0.4, -0.2) is 72.1 Å². The molecular formula is C20H24Cl2N2O11. The molecule has 0 radical (unpaired) electrons. The van der Waals surface area contributed by atoms with E-state index in [4.69, 9.17) is 52.5 Å². The predicted molar refractivity (Wildman–Crippen MR) is 124 cm³/mol. The Bertz CT molecular complexity index is 1070. The summed E-state index contributed by atoms with van der Waals surface area (Å²) >= 11 is 11.8. The van der Waals surface area contributed by atoms with Crippen LogP contribution >= 0.6 is 23.2 Å². The van der Waals surface area contributed by atoms with Crippen molar-refractivity contribution in [2.45, 2.75) is 19.1 Å². The van der Waals surface area contributed by atoms with Gasteiger partial charge in [0.05, 0.1) is 35.9 Å². The van der Waals surface area contributed by atoms with Gasteiger partial charge in [-0.1, -0.05) is 29.3 Å². The normalized spacial score (nSPS) is 10.4. The molecule has 0 spiro atoms. The van der Waals surface area contributed by atoms with Gasteiger partial charge in [-0.15, -0.1) is 0 Å². The van der Waals surface area contributed by atoms with E-state index < -0.39 is 35.6 Å². The Balaban J connectivity index is 0.000000975. The van der Waals surface area contributed by atoms with Crippen molar-refractivity contribution in [2.24, 2.45) is 0 Å². The lowest BCUT2D eigenvalue weighted by molar-refractivity contribution is 0.00651. The monoisotopic (exact) mass is 538 g/mol. The highest BCUT2D eigenvalue weighted by atomic mass is 35.5. The molecule has 0 fully saturated rings. The minimum atomic E-state index is -1.25. The SMILES string of the molecule is COC(=O)O.COC(=O)O.COC(CCn1ccc(=O)[nH]c1=O)COC(=O)c1cccc(Cl)c1Cl. The third-order valence-corrected chi connectivity index (χ3v) is 4.66. The summed E-state index contributed by atoms with van der Waals surface area (Å²) in [6.45, 7) is 0.278. The van der Waals surface area contributed by atoms with Gasteiger partial charge in [0.15, 0.2) is 0 Å². The molecule has 0 saturated heterocycles. The number of carboxylic acid groups (broad SMARTS) is 2. The Morgan fingerprint density at radius 1 is 1.03 bits per heavy atom. The number of nitrogens with one attached hydrogen (secondary N) is 1. The average Bonchev–Trinajstić information content (AvgIpc) is 2.82. The van der Waals surface area contributed by atoms with Gasteiger partial charge in [0.2, 0.25) is 0 Å². The van der Waals surface area contributed by atoms with Gasteiger partial charge in [-0.25, -0.2) is 19.2 Å². The topological polar surface area (TPSA) is 183 Å². The van der Waals surface area contributed by atoms with Crippen LogP contribution in [0.5, 0.6) is 0 Å². The molecule has 35 heavy (non-hydrogen) atoms. The summed E-state index contributed by atoms with van der Waals surface area (Å²) in [5.74, 6) is -0.615. The minimum absolute atomic E-state index is 0.0176.